The summed E-state index contributed by atoms with van der Waals surface area (Å²) in [7, 11) is 0. The summed E-state index contributed by atoms with van der Waals surface area (Å²) >= 11 is 7.83. The van der Waals surface area contributed by atoms with Crippen LogP contribution in [0, 0.1) is 5.92 Å². The summed E-state index contributed by atoms with van der Waals surface area (Å²) in [6.45, 7) is 1.81. The number of aliphatic hydroxyl groups is 1. The molecule has 0 aliphatic heterocycles. The number of benzene rings is 1. The van der Waals surface area contributed by atoms with Crippen molar-refractivity contribution in [1.29, 1.82) is 0 Å². The lowest BCUT2D eigenvalue weighted by atomic mass is 9.97. The van der Waals surface area contributed by atoms with E-state index in [4.69, 9.17) is 11.6 Å². The molecule has 2 amide bonds. The Hall–Kier alpha value is -0.910. The van der Waals surface area contributed by atoms with E-state index in [1.54, 1.807) is 17.8 Å². The summed E-state index contributed by atoms with van der Waals surface area (Å²) in [6.07, 6.45) is 4.11. The van der Waals surface area contributed by atoms with Crippen LogP contribution in [-0.2, 0) is 5.75 Å². The Balaban J connectivity index is 2.03. The van der Waals surface area contributed by atoms with Gasteiger partial charge in [0.2, 0.25) is 0 Å². The lowest BCUT2D eigenvalue weighted by Gasteiger charge is -2.28. The van der Waals surface area contributed by atoms with E-state index in [1.807, 2.05) is 25.3 Å². The normalized spacial score (nSPS) is 17.1. The quantitative estimate of drug-likeness (QED) is 0.749. The van der Waals surface area contributed by atoms with Crippen LogP contribution in [0.4, 0.5) is 10.5 Å². The van der Waals surface area contributed by atoms with Crippen LogP contribution >= 0.6 is 23.4 Å². The summed E-state index contributed by atoms with van der Waals surface area (Å²) in [5.41, 5.74) is 1.14. The first-order valence-corrected chi connectivity index (χ1v) is 8.73. The van der Waals surface area contributed by atoms with Crippen molar-refractivity contribution in [3.63, 3.8) is 0 Å². The molecule has 4 nitrogen and oxygen atoms in total. The van der Waals surface area contributed by atoms with Crippen LogP contribution in [0.1, 0.15) is 25.3 Å². The highest BCUT2D eigenvalue weighted by molar-refractivity contribution is 7.97. The summed E-state index contributed by atoms with van der Waals surface area (Å²) < 4.78 is 0. The zero-order valence-corrected chi connectivity index (χ0v) is 13.9. The molecule has 1 atom stereocenters. The van der Waals surface area contributed by atoms with Crippen LogP contribution in [0.25, 0.3) is 0 Å². The van der Waals surface area contributed by atoms with Crippen LogP contribution < -0.4 is 10.6 Å². The van der Waals surface area contributed by atoms with Gasteiger partial charge in [-0.1, -0.05) is 17.7 Å². The van der Waals surface area contributed by atoms with Crippen molar-refractivity contribution < 1.29 is 9.90 Å². The van der Waals surface area contributed by atoms with Crippen LogP contribution in [0.15, 0.2) is 18.2 Å². The number of hydrogen-bond donors (Lipinski definition) is 3. The topological polar surface area (TPSA) is 61.4 Å². The van der Waals surface area contributed by atoms with E-state index < -0.39 is 5.54 Å². The standard InChI is InChI=1S/C15H21ClN2O2S/c1-15(9-19,11-4-5-11)18-14(20)17-13-7-10(8-21-2)3-6-12(13)16/h3,6-7,11,19H,4-5,8-9H2,1-2H3,(H2,17,18,20). The van der Waals surface area contributed by atoms with E-state index in [0.29, 0.717) is 16.6 Å². The smallest absolute Gasteiger partial charge is 0.319 e. The number of halogens is 1. The number of nitrogens with one attached hydrogen (secondary N) is 2. The largest absolute Gasteiger partial charge is 0.394 e. The SMILES string of the molecule is CSCc1ccc(Cl)c(NC(=O)NC(C)(CO)C2CC2)c1. The molecular formula is C15H21ClN2O2S. The fourth-order valence-electron chi connectivity index (χ4n) is 2.33. The second kappa shape index (κ2) is 6.90. The molecule has 1 aliphatic rings. The molecule has 1 unspecified atom stereocenters. The Kier molecular flexibility index (Phi) is 5.41. The molecule has 0 saturated heterocycles. The highest BCUT2D eigenvalue weighted by atomic mass is 35.5. The molecule has 1 fully saturated rings. The molecule has 0 heterocycles. The van der Waals surface area contributed by atoms with Gasteiger partial charge in [0, 0.05) is 5.75 Å². The maximum absolute atomic E-state index is 12.1. The molecule has 21 heavy (non-hydrogen) atoms. The number of anilines is 1. The molecule has 1 aliphatic carbocycles. The van der Waals surface area contributed by atoms with Crippen LogP contribution in [0.2, 0.25) is 5.02 Å². The van der Waals surface area contributed by atoms with Crippen molar-refractivity contribution in [1.82, 2.24) is 5.32 Å². The van der Waals surface area contributed by atoms with Crippen LogP contribution in [0.3, 0.4) is 0 Å². The van der Waals surface area contributed by atoms with E-state index in [1.165, 1.54) is 0 Å². The molecule has 0 aromatic heterocycles. The van der Waals surface area contributed by atoms with Crippen molar-refractivity contribution >= 4 is 35.1 Å². The maximum atomic E-state index is 12.1. The first-order valence-electron chi connectivity index (χ1n) is 6.96. The minimum absolute atomic E-state index is 0.0642. The van der Waals surface area contributed by atoms with E-state index >= 15 is 0 Å². The Labute approximate surface area is 134 Å². The second-order valence-electron chi connectivity index (χ2n) is 5.68. The maximum Gasteiger partial charge on any atom is 0.319 e. The van der Waals surface area contributed by atoms with Crippen molar-refractivity contribution in [2.24, 2.45) is 5.92 Å². The summed E-state index contributed by atoms with van der Waals surface area (Å²) in [5.74, 6) is 1.22. The summed E-state index contributed by atoms with van der Waals surface area (Å²) in [5, 5.41) is 15.7. The van der Waals surface area contributed by atoms with Crippen LogP contribution in [0.5, 0.6) is 0 Å². The average molecular weight is 329 g/mol. The molecule has 1 aromatic carbocycles. The van der Waals surface area contributed by atoms with E-state index in [2.05, 4.69) is 10.6 Å². The number of rotatable bonds is 6. The average Bonchev–Trinajstić information content (AvgIpc) is 3.27. The highest BCUT2D eigenvalue weighted by Crippen LogP contribution is 2.39. The minimum atomic E-state index is -0.562. The number of urea groups is 1. The van der Waals surface area contributed by atoms with Crippen molar-refractivity contribution in [3.8, 4) is 0 Å². The molecule has 6 heteroatoms. The molecule has 1 saturated carbocycles. The van der Waals surface area contributed by atoms with Gasteiger partial charge in [-0.25, -0.2) is 4.79 Å². The monoisotopic (exact) mass is 328 g/mol. The van der Waals surface area contributed by atoms with Gasteiger partial charge in [-0.2, -0.15) is 11.8 Å². The Morgan fingerprint density at radius 2 is 2.24 bits per heavy atom. The fourth-order valence-corrected chi connectivity index (χ4v) is 3.01. The van der Waals surface area contributed by atoms with Crippen LogP contribution in [-0.4, -0.2) is 29.5 Å². The lowest BCUT2D eigenvalue weighted by Crippen LogP contribution is -2.52. The molecule has 0 bridgehead atoms. The molecule has 1 aromatic rings. The molecule has 0 spiro atoms. The number of aliphatic hydroxyl groups excluding tert-OH is 1. The Morgan fingerprint density at radius 1 is 1.52 bits per heavy atom. The van der Waals surface area contributed by atoms with Gasteiger partial charge in [0.25, 0.3) is 0 Å². The third kappa shape index (κ3) is 4.28. The van der Waals surface area contributed by atoms with Crippen molar-refractivity contribution in [3.05, 3.63) is 28.8 Å². The van der Waals surface area contributed by atoms with Gasteiger partial charge in [-0.05, 0) is 49.6 Å². The Morgan fingerprint density at radius 3 is 2.81 bits per heavy atom. The van der Waals surface area contributed by atoms with E-state index in [0.717, 1.165) is 24.2 Å². The number of carbonyl (C=O) groups excluding carboxylic acids is 1. The highest BCUT2D eigenvalue weighted by Gasteiger charge is 2.42. The predicted molar refractivity (Wildman–Crippen MR) is 89.0 cm³/mol. The van der Waals surface area contributed by atoms with Gasteiger partial charge in [0.15, 0.2) is 0 Å². The molecule has 0 radical (unpaired) electrons. The van der Waals surface area contributed by atoms with Gasteiger partial charge in [-0.3, -0.25) is 0 Å². The molecule has 3 N–H and O–H groups in total. The first-order chi connectivity index (χ1) is 9.98. The number of hydrogen-bond acceptors (Lipinski definition) is 3. The third-order valence-electron chi connectivity index (χ3n) is 3.80. The molecule has 2 rings (SSSR count). The minimum Gasteiger partial charge on any atom is -0.394 e. The zero-order valence-electron chi connectivity index (χ0n) is 12.3. The first kappa shape index (κ1) is 16.5. The van der Waals surface area contributed by atoms with Gasteiger partial charge in [-0.15, -0.1) is 0 Å². The van der Waals surface area contributed by atoms with Gasteiger partial charge in [0.1, 0.15) is 0 Å². The van der Waals surface area contributed by atoms with Crippen molar-refractivity contribution in [2.75, 3.05) is 18.2 Å². The fraction of sp³-hybridized carbons (Fsp3) is 0.533. The number of carbonyl (C=O) groups is 1. The van der Waals surface area contributed by atoms with Gasteiger partial charge in [0.05, 0.1) is 22.9 Å². The number of thioether (sulfide) groups is 1. The van der Waals surface area contributed by atoms with E-state index in [9.17, 15) is 9.90 Å². The summed E-state index contributed by atoms with van der Waals surface area (Å²) in [6, 6.07) is 5.28. The zero-order chi connectivity index (χ0) is 15.5. The predicted octanol–water partition coefficient (Wildman–Crippen LogP) is 3.49. The molecule has 116 valence electrons. The molecular weight excluding hydrogens is 308 g/mol. The van der Waals surface area contributed by atoms with Gasteiger partial charge < -0.3 is 15.7 Å². The van der Waals surface area contributed by atoms with E-state index in [-0.39, 0.29) is 12.6 Å². The lowest BCUT2D eigenvalue weighted by molar-refractivity contribution is 0.159. The van der Waals surface area contributed by atoms with Gasteiger partial charge >= 0.3 is 6.03 Å². The third-order valence-corrected chi connectivity index (χ3v) is 4.75. The number of amides is 2. The summed E-state index contributed by atoms with van der Waals surface area (Å²) in [4.78, 5) is 12.1. The second-order valence-corrected chi connectivity index (χ2v) is 6.95. The Bertz CT molecular complexity index is 522. The van der Waals surface area contributed by atoms with Crippen molar-refractivity contribution in [2.45, 2.75) is 31.1 Å².